The van der Waals surface area contributed by atoms with Gasteiger partial charge in [-0.1, -0.05) is 6.07 Å². The molecule has 33 heavy (non-hydrogen) atoms. The summed E-state index contributed by atoms with van der Waals surface area (Å²) < 4.78 is 61.4. The lowest BCUT2D eigenvalue weighted by Crippen LogP contribution is -2.17. The minimum Gasteiger partial charge on any atom is -0.497 e. The van der Waals surface area contributed by atoms with Gasteiger partial charge in [-0.25, -0.2) is 22.0 Å². The highest BCUT2D eigenvalue weighted by atomic mass is 32.2. The molecular weight excluding hydrogens is 470 g/mol. The second-order valence-electron chi connectivity index (χ2n) is 6.72. The number of amides is 1. The Balaban J connectivity index is 1.86. The van der Waals surface area contributed by atoms with Crippen LogP contribution < -0.4 is 24.7 Å². The summed E-state index contributed by atoms with van der Waals surface area (Å²) in [6, 6.07) is 15.5. The molecule has 174 valence electrons. The fourth-order valence-electron chi connectivity index (χ4n) is 2.85. The Morgan fingerprint density at radius 1 is 0.818 bits per heavy atom. The zero-order valence-electron chi connectivity index (χ0n) is 17.6. The van der Waals surface area contributed by atoms with Gasteiger partial charge in [0.1, 0.15) is 11.5 Å². The Hall–Kier alpha value is -3.61. The van der Waals surface area contributed by atoms with Gasteiger partial charge in [-0.15, -0.1) is 0 Å². The van der Waals surface area contributed by atoms with Gasteiger partial charge in [-0.3, -0.25) is 9.52 Å². The van der Waals surface area contributed by atoms with Crippen molar-refractivity contribution in [1.82, 2.24) is 0 Å². The lowest BCUT2D eigenvalue weighted by molar-refractivity contribution is 0.102. The summed E-state index contributed by atoms with van der Waals surface area (Å²) in [6.07, 6.45) is 0. The van der Waals surface area contributed by atoms with E-state index in [2.05, 4.69) is 10.0 Å². The molecule has 3 aromatic carbocycles. The highest BCUT2D eigenvalue weighted by Gasteiger charge is 2.19. The van der Waals surface area contributed by atoms with Crippen molar-refractivity contribution in [3.05, 3.63) is 72.3 Å². The molecule has 3 aromatic rings. The number of ether oxygens (including phenoxy) is 2. The third kappa shape index (κ3) is 5.80. The molecule has 0 atom stereocenters. The molecule has 3 rings (SSSR count). The van der Waals surface area contributed by atoms with Crippen LogP contribution in [0, 0.1) is 0 Å². The van der Waals surface area contributed by atoms with Gasteiger partial charge >= 0.3 is 0 Å². The van der Waals surface area contributed by atoms with Crippen molar-refractivity contribution >= 4 is 37.3 Å². The maximum atomic E-state index is 12.8. The highest BCUT2D eigenvalue weighted by Crippen LogP contribution is 2.25. The van der Waals surface area contributed by atoms with Crippen molar-refractivity contribution in [3.63, 3.8) is 0 Å². The van der Waals surface area contributed by atoms with Crippen LogP contribution >= 0.6 is 0 Å². The van der Waals surface area contributed by atoms with Crippen LogP contribution in [0.2, 0.25) is 0 Å². The average molecular weight is 492 g/mol. The van der Waals surface area contributed by atoms with Crippen molar-refractivity contribution in [3.8, 4) is 11.5 Å². The maximum Gasteiger partial charge on any atom is 0.261 e. The van der Waals surface area contributed by atoms with E-state index < -0.39 is 26.0 Å². The van der Waals surface area contributed by atoms with Gasteiger partial charge in [-0.05, 0) is 60.7 Å². The predicted octanol–water partition coefficient (Wildman–Crippen LogP) is 2.40. The number of nitrogens with one attached hydrogen (secondary N) is 2. The molecule has 1 amide bonds. The molecule has 0 bridgehead atoms. The molecule has 0 aliphatic carbocycles. The SMILES string of the molecule is COc1ccc(NS(=O)(=O)c2cccc(NC(=O)c3cc(S(N)(=O)=O)ccc3OC)c2)cc1. The number of anilines is 2. The highest BCUT2D eigenvalue weighted by molar-refractivity contribution is 7.92. The van der Waals surface area contributed by atoms with E-state index in [0.29, 0.717) is 11.4 Å². The number of carbonyl (C=O) groups is 1. The lowest BCUT2D eigenvalue weighted by atomic mass is 10.2. The van der Waals surface area contributed by atoms with Crippen LogP contribution in [0.5, 0.6) is 11.5 Å². The molecule has 12 heteroatoms. The van der Waals surface area contributed by atoms with Gasteiger partial charge in [-0.2, -0.15) is 0 Å². The zero-order valence-corrected chi connectivity index (χ0v) is 19.2. The van der Waals surface area contributed by atoms with Crippen LogP contribution in [0.3, 0.4) is 0 Å². The van der Waals surface area contributed by atoms with E-state index in [1.165, 1.54) is 50.6 Å². The van der Waals surface area contributed by atoms with Gasteiger partial charge in [0.2, 0.25) is 10.0 Å². The second kappa shape index (κ2) is 9.48. The Bertz CT molecular complexity index is 1390. The Kier molecular flexibility index (Phi) is 6.91. The third-order valence-corrected chi connectivity index (χ3v) is 6.78. The lowest BCUT2D eigenvalue weighted by Gasteiger charge is -2.12. The van der Waals surface area contributed by atoms with Crippen LogP contribution in [0.15, 0.2) is 76.5 Å². The zero-order chi connectivity index (χ0) is 24.2. The van der Waals surface area contributed by atoms with Gasteiger partial charge in [0, 0.05) is 11.4 Å². The maximum absolute atomic E-state index is 12.8. The monoisotopic (exact) mass is 491 g/mol. The summed E-state index contributed by atoms with van der Waals surface area (Å²) in [5, 5.41) is 7.68. The molecule has 0 unspecified atom stereocenters. The number of hydrogen-bond acceptors (Lipinski definition) is 7. The first-order valence-electron chi connectivity index (χ1n) is 9.32. The van der Waals surface area contributed by atoms with Crippen LogP contribution in [0.25, 0.3) is 0 Å². The first-order valence-corrected chi connectivity index (χ1v) is 12.4. The van der Waals surface area contributed by atoms with E-state index in [0.717, 1.165) is 6.07 Å². The number of primary sulfonamides is 1. The molecule has 0 heterocycles. The fourth-order valence-corrected chi connectivity index (χ4v) is 4.50. The van der Waals surface area contributed by atoms with Crippen LogP contribution in [-0.2, 0) is 20.0 Å². The van der Waals surface area contributed by atoms with Gasteiger partial charge in [0.15, 0.2) is 0 Å². The molecule has 0 aromatic heterocycles. The second-order valence-corrected chi connectivity index (χ2v) is 9.97. The van der Waals surface area contributed by atoms with Crippen molar-refractivity contribution in [2.24, 2.45) is 5.14 Å². The molecule has 0 radical (unpaired) electrons. The fraction of sp³-hybridized carbons (Fsp3) is 0.0952. The molecule has 0 saturated heterocycles. The van der Waals surface area contributed by atoms with E-state index in [-0.39, 0.29) is 26.8 Å². The standard InChI is InChI=1S/C21H21N3O7S2/c1-30-16-8-6-14(7-9-16)24-33(28,29)18-5-3-4-15(12-18)23-21(25)19-13-17(32(22,26)27)10-11-20(19)31-2/h3-13,24H,1-2H3,(H,23,25)(H2,22,26,27). The summed E-state index contributed by atoms with van der Waals surface area (Å²) >= 11 is 0. The summed E-state index contributed by atoms with van der Waals surface area (Å²) in [6.45, 7) is 0. The summed E-state index contributed by atoms with van der Waals surface area (Å²) in [5.74, 6) is -0.0237. The number of methoxy groups -OCH3 is 2. The molecule has 0 aliphatic rings. The molecule has 4 N–H and O–H groups in total. The molecule has 0 aliphatic heterocycles. The van der Waals surface area contributed by atoms with Crippen molar-refractivity contribution in [2.45, 2.75) is 9.79 Å². The van der Waals surface area contributed by atoms with Crippen molar-refractivity contribution in [1.29, 1.82) is 0 Å². The van der Waals surface area contributed by atoms with Crippen molar-refractivity contribution in [2.75, 3.05) is 24.3 Å². The largest absolute Gasteiger partial charge is 0.497 e. The summed E-state index contributed by atoms with van der Waals surface area (Å²) in [5.41, 5.74) is 0.407. The number of rotatable bonds is 8. The molecule has 0 saturated carbocycles. The van der Waals surface area contributed by atoms with Crippen LogP contribution in [0.1, 0.15) is 10.4 Å². The smallest absolute Gasteiger partial charge is 0.261 e. The Morgan fingerprint density at radius 3 is 2.12 bits per heavy atom. The Labute approximate surface area is 191 Å². The molecule has 0 spiro atoms. The number of nitrogens with two attached hydrogens (primary N) is 1. The average Bonchev–Trinajstić information content (AvgIpc) is 2.78. The van der Waals surface area contributed by atoms with E-state index in [4.69, 9.17) is 14.6 Å². The number of carbonyl (C=O) groups excluding carboxylic acids is 1. The quantitative estimate of drug-likeness (QED) is 0.437. The predicted molar refractivity (Wildman–Crippen MR) is 123 cm³/mol. The van der Waals surface area contributed by atoms with Crippen LogP contribution in [0.4, 0.5) is 11.4 Å². The normalized spacial score (nSPS) is 11.5. The van der Waals surface area contributed by atoms with Gasteiger partial charge in [0.25, 0.3) is 15.9 Å². The summed E-state index contributed by atoms with van der Waals surface area (Å²) in [4.78, 5) is 12.4. The summed E-state index contributed by atoms with van der Waals surface area (Å²) in [7, 11) is -5.19. The van der Waals surface area contributed by atoms with E-state index in [1.807, 2.05) is 0 Å². The molecule has 0 fully saturated rings. The van der Waals surface area contributed by atoms with E-state index in [9.17, 15) is 21.6 Å². The van der Waals surface area contributed by atoms with Crippen LogP contribution in [-0.4, -0.2) is 37.0 Å². The van der Waals surface area contributed by atoms with E-state index in [1.54, 1.807) is 24.3 Å². The van der Waals surface area contributed by atoms with Crippen molar-refractivity contribution < 1.29 is 31.1 Å². The van der Waals surface area contributed by atoms with Gasteiger partial charge < -0.3 is 14.8 Å². The minimum absolute atomic E-state index is 0.0892. The Morgan fingerprint density at radius 2 is 1.52 bits per heavy atom. The molecular formula is C21H21N3O7S2. The third-order valence-electron chi connectivity index (χ3n) is 4.49. The number of benzene rings is 3. The van der Waals surface area contributed by atoms with Gasteiger partial charge in [0.05, 0.1) is 29.6 Å². The van der Waals surface area contributed by atoms with E-state index >= 15 is 0 Å². The topological polar surface area (TPSA) is 154 Å². The first kappa shape index (κ1) is 24.0. The minimum atomic E-state index is -4.05. The molecule has 10 nitrogen and oxygen atoms in total. The number of sulfonamides is 2. The number of hydrogen-bond donors (Lipinski definition) is 3. The first-order chi connectivity index (χ1) is 15.5.